The predicted octanol–water partition coefficient (Wildman–Crippen LogP) is 1.30. The van der Waals surface area contributed by atoms with Crippen LogP contribution in [0.5, 0.6) is 0 Å². The Morgan fingerprint density at radius 1 is 1.47 bits per heavy atom. The second-order valence-electron chi connectivity index (χ2n) is 5.01. The third kappa shape index (κ3) is 3.69. The smallest absolute Gasteiger partial charge is 0.0980 e. The van der Waals surface area contributed by atoms with Gasteiger partial charge in [0, 0.05) is 25.3 Å². The summed E-state index contributed by atoms with van der Waals surface area (Å²) in [5, 5.41) is 12.5. The van der Waals surface area contributed by atoms with E-state index < -0.39 is 0 Å². The van der Waals surface area contributed by atoms with Crippen molar-refractivity contribution in [1.82, 2.24) is 5.32 Å². The first kappa shape index (κ1) is 14.3. The van der Waals surface area contributed by atoms with Gasteiger partial charge in [0.15, 0.2) is 0 Å². The number of hydrogen-bond donors (Lipinski definition) is 2. The minimum absolute atomic E-state index is 0.0597. The number of benzene rings is 1. The average Bonchev–Trinajstić information content (AvgIpc) is 2.46. The van der Waals surface area contributed by atoms with Crippen molar-refractivity contribution in [2.24, 2.45) is 0 Å². The molecule has 1 aromatic carbocycles. The Morgan fingerprint density at radius 2 is 2.32 bits per heavy atom. The molecule has 0 spiro atoms. The molecule has 4 heteroatoms. The molecule has 0 aromatic heterocycles. The lowest BCUT2D eigenvalue weighted by Crippen LogP contribution is -2.44. The summed E-state index contributed by atoms with van der Waals surface area (Å²) in [5.74, 6) is 0. The molecule has 1 aromatic rings. The van der Waals surface area contributed by atoms with Gasteiger partial charge in [-0.2, -0.15) is 0 Å². The van der Waals surface area contributed by atoms with Crippen LogP contribution in [-0.4, -0.2) is 44.1 Å². The van der Waals surface area contributed by atoms with Crippen LogP contribution in [0.4, 0.5) is 5.69 Å². The lowest BCUT2D eigenvalue weighted by atomic mass is 10.1. The second kappa shape index (κ2) is 6.89. The van der Waals surface area contributed by atoms with Gasteiger partial charge in [0.1, 0.15) is 0 Å². The largest absolute Gasteiger partial charge is 0.394 e. The van der Waals surface area contributed by atoms with E-state index >= 15 is 0 Å². The van der Waals surface area contributed by atoms with E-state index in [1.807, 2.05) is 0 Å². The molecule has 1 fully saturated rings. The number of aliphatic hydroxyl groups excluding tert-OH is 1. The fourth-order valence-electron chi connectivity index (χ4n) is 2.40. The molecule has 0 amide bonds. The van der Waals surface area contributed by atoms with Gasteiger partial charge in [-0.05, 0) is 36.7 Å². The van der Waals surface area contributed by atoms with Crippen molar-refractivity contribution in [2.45, 2.75) is 26.5 Å². The molecule has 2 rings (SSSR count). The zero-order valence-corrected chi connectivity index (χ0v) is 11.9. The molecule has 4 nitrogen and oxygen atoms in total. The number of aliphatic hydroxyl groups is 1. The molecular formula is C15H24N2O2. The maximum absolute atomic E-state index is 9.19. The molecule has 1 saturated heterocycles. The van der Waals surface area contributed by atoms with Gasteiger partial charge in [0.25, 0.3) is 0 Å². The Morgan fingerprint density at radius 3 is 3.00 bits per heavy atom. The molecule has 0 aliphatic carbocycles. The Kier molecular flexibility index (Phi) is 5.19. The van der Waals surface area contributed by atoms with Gasteiger partial charge in [0.2, 0.25) is 0 Å². The first-order valence-corrected chi connectivity index (χ1v) is 7.02. The number of nitrogens with one attached hydrogen (secondary N) is 1. The van der Waals surface area contributed by atoms with Gasteiger partial charge in [-0.3, -0.25) is 0 Å². The van der Waals surface area contributed by atoms with Crippen LogP contribution in [0.15, 0.2) is 18.2 Å². The summed E-state index contributed by atoms with van der Waals surface area (Å²) in [7, 11) is 0. The molecule has 1 aliphatic heterocycles. The number of morpholine rings is 1. The van der Waals surface area contributed by atoms with Crippen LogP contribution in [0.2, 0.25) is 0 Å². The van der Waals surface area contributed by atoms with Gasteiger partial charge >= 0.3 is 0 Å². The van der Waals surface area contributed by atoms with E-state index in [-0.39, 0.29) is 12.7 Å². The van der Waals surface area contributed by atoms with Crippen molar-refractivity contribution in [3.05, 3.63) is 29.3 Å². The molecule has 1 unspecified atom stereocenters. The minimum atomic E-state index is -0.0597. The van der Waals surface area contributed by atoms with Crippen molar-refractivity contribution >= 4 is 5.69 Å². The summed E-state index contributed by atoms with van der Waals surface area (Å²) in [5.41, 5.74) is 3.88. The molecule has 1 atom stereocenters. The standard InChI is InChI=1S/C15H24N2O2/c1-3-16-9-13-4-5-14(8-12(13)2)17-6-7-19-15(10-17)11-18/h4-5,8,15-16,18H,3,6-7,9-11H2,1-2H3. The highest BCUT2D eigenvalue weighted by molar-refractivity contribution is 5.51. The highest BCUT2D eigenvalue weighted by Gasteiger charge is 2.20. The topological polar surface area (TPSA) is 44.7 Å². The predicted molar refractivity (Wildman–Crippen MR) is 77.6 cm³/mol. The molecule has 19 heavy (non-hydrogen) atoms. The number of aryl methyl sites for hydroxylation is 1. The molecule has 0 saturated carbocycles. The Labute approximate surface area is 115 Å². The molecule has 0 radical (unpaired) electrons. The maximum Gasteiger partial charge on any atom is 0.0980 e. The van der Waals surface area contributed by atoms with Gasteiger partial charge in [-0.1, -0.05) is 13.0 Å². The molecule has 1 aliphatic rings. The van der Waals surface area contributed by atoms with Crippen LogP contribution in [-0.2, 0) is 11.3 Å². The van der Waals surface area contributed by atoms with Crippen molar-refractivity contribution in [3.63, 3.8) is 0 Å². The average molecular weight is 264 g/mol. The van der Waals surface area contributed by atoms with Crippen LogP contribution in [0, 0.1) is 6.92 Å². The molecule has 106 valence electrons. The van der Waals surface area contributed by atoms with E-state index in [0.29, 0.717) is 6.61 Å². The van der Waals surface area contributed by atoms with E-state index in [1.54, 1.807) is 0 Å². The molecule has 1 heterocycles. The van der Waals surface area contributed by atoms with Crippen LogP contribution >= 0.6 is 0 Å². The van der Waals surface area contributed by atoms with Gasteiger partial charge in [0.05, 0.1) is 19.3 Å². The SMILES string of the molecule is CCNCc1ccc(N2CCOC(CO)C2)cc1C. The minimum Gasteiger partial charge on any atom is -0.394 e. The van der Waals surface area contributed by atoms with Crippen LogP contribution < -0.4 is 10.2 Å². The summed E-state index contributed by atoms with van der Waals surface area (Å²) in [6.45, 7) is 8.61. The zero-order valence-electron chi connectivity index (χ0n) is 11.9. The number of hydrogen-bond acceptors (Lipinski definition) is 4. The highest BCUT2D eigenvalue weighted by Crippen LogP contribution is 2.21. The number of nitrogens with zero attached hydrogens (tertiary/aromatic N) is 1. The third-order valence-electron chi connectivity index (χ3n) is 3.60. The summed E-state index contributed by atoms with van der Waals surface area (Å²) in [6, 6.07) is 6.59. The maximum atomic E-state index is 9.19. The lowest BCUT2D eigenvalue weighted by molar-refractivity contribution is 0.00356. The van der Waals surface area contributed by atoms with Crippen LogP contribution in [0.1, 0.15) is 18.1 Å². The second-order valence-corrected chi connectivity index (χ2v) is 5.01. The van der Waals surface area contributed by atoms with E-state index in [9.17, 15) is 5.11 Å². The van der Waals surface area contributed by atoms with Crippen molar-refractivity contribution in [3.8, 4) is 0 Å². The van der Waals surface area contributed by atoms with E-state index in [2.05, 4.69) is 42.3 Å². The quantitative estimate of drug-likeness (QED) is 0.841. The number of ether oxygens (including phenoxy) is 1. The Bertz CT molecular complexity index is 409. The Hall–Kier alpha value is -1.10. The third-order valence-corrected chi connectivity index (χ3v) is 3.60. The van der Waals surface area contributed by atoms with Crippen molar-refractivity contribution in [1.29, 1.82) is 0 Å². The fraction of sp³-hybridized carbons (Fsp3) is 0.600. The summed E-state index contributed by atoms with van der Waals surface area (Å²) < 4.78 is 5.48. The summed E-state index contributed by atoms with van der Waals surface area (Å²) >= 11 is 0. The zero-order chi connectivity index (χ0) is 13.7. The van der Waals surface area contributed by atoms with Gasteiger partial charge in [-0.15, -0.1) is 0 Å². The first-order chi connectivity index (χ1) is 9.24. The van der Waals surface area contributed by atoms with Crippen molar-refractivity contribution < 1.29 is 9.84 Å². The number of rotatable bonds is 5. The first-order valence-electron chi connectivity index (χ1n) is 7.02. The van der Waals surface area contributed by atoms with Crippen molar-refractivity contribution in [2.75, 3.05) is 37.7 Å². The van der Waals surface area contributed by atoms with E-state index in [0.717, 1.165) is 26.2 Å². The molecule has 0 bridgehead atoms. The fourth-order valence-corrected chi connectivity index (χ4v) is 2.40. The van der Waals surface area contributed by atoms with Gasteiger partial charge < -0.3 is 20.1 Å². The van der Waals surface area contributed by atoms with Gasteiger partial charge in [-0.25, -0.2) is 0 Å². The van der Waals surface area contributed by atoms with Crippen LogP contribution in [0.25, 0.3) is 0 Å². The van der Waals surface area contributed by atoms with E-state index in [1.165, 1.54) is 16.8 Å². The molecular weight excluding hydrogens is 240 g/mol. The number of anilines is 1. The lowest BCUT2D eigenvalue weighted by Gasteiger charge is -2.34. The van der Waals surface area contributed by atoms with Crippen LogP contribution in [0.3, 0.4) is 0 Å². The molecule has 2 N–H and O–H groups in total. The van der Waals surface area contributed by atoms with E-state index in [4.69, 9.17) is 4.74 Å². The summed E-state index contributed by atoms with van der Waals surface area (Å²) in [6.07, 6.45) is -0.0597. The monoisotopic (exact) mass is 264 g/mol. The Balaban J connectivity index is 2.06. The normalized spacial score (nSPS) is 19.7. The highest BCUT2D eigenvalue weighted by atomic mass is 16.5. The summed E-state index contributed by atoms with van der Waals surface area (Å²) in [4.78, 5) is 2.29.